The fourth-order valence-electron chi connectivity index (χ4n) is 3.14. The molecule has 0 aliphatic carbocycles. The van der Waals surface area contributed by atoms with Gasteiger partial charge in [-0.3, -0.25) is 9.48 Å². The van der Waals surface area contributed by atoms with Crippen molar-refractivity contribution >= 4 is 17.3 Å². The number of nitrogens with zero attached hydrogens (tertiary/aromatic N) is 3. The Morgan fingerprint density at radius 3 is 2.48 bits per heavy atom. The highest BCUT2D eigenvalue weighted by Gasteiger charge is 2.36. The third-order valence-electron chi connectivity index (χ3n) is 4.70. The van der Waals surface area contributed by atoms with Crippen molar-refractivity contribution in [1.29, 1.82) is 0 Å². The molecule has 1 aliphatic heterocycles. The maximum absolute atomic E-state index is 13.0. The lowest BCUT2D eigenvalue weighted by Gasteiger charge is -2.37. The zero-order chi connectivity index (χ0) is 18.0. The minimum Gasteiger partial charge on any atom is -0.396 e. The van der Waals surface area contributed by atoms with E-state index < -0.39 is 5.54 Å². The normalized spacial score (nSPS) is 16.0. The monoisotopic (exact) mass is 345 g/mol. The highest BCUT2D eigenvalue weighted by Crippen LogP contribution is 2.23. The number of nitrogens with one attached hydrogen (secondary N) is 1. The molecule has 25 heavy (non-hydrogen) atoms. The Morgan fingerprint density at radius 2 is 1.92 bits per heavy atom. The van der Waals surface area contributed by atoms with Crippen LogP contribution < -0.4 is 11.1 Å². The van der Waals surface area contributed by atoms with Gasteiger partial charge in [0, 0.05) is 31.0 Å². The van der Waals surface area contributed by atoms with Gasteiger partial charge in [0.25, 0.3) is 0 Å². The van der Waals surface area contributed by atoms with Crippen molar-refractivity contribution in [3.63, 3.8) is 0 Å². The molecule has 7 heteroatoms. The average molecular weight is 345 g/mol. The standard InChI is InChI=1S/C18H24FN5O/c1-18(2,24-12-14(20)11-21-24)17(25)23-9-7-16(8-10-23)22-15-5-3-13(19)4-6-15/h3-6,11-12,16,22H,7-10,20H2,1-2H3. The summed E-state index contributed by atoms with van der Waals surface area (Å²) in [6.07, 6.45) is 4.93. The van der Waals surface area contributed by atoms with Gasteiger partial charge in [0.1, 0.15) is 11.4 Å². The zero-order valence-corrected chi connectivity index (χ0v) is 14.6. The Labute approximate surface area is 146 Å². The Morgan fingerprint density at radius 1 is 1.28 bits per heavy atom. The number of nitrogen functional groups attached to an aromatic ring is 1. The lowest BCUT2D eigenvalue weighted by atomic mass is 9.99. The molecule has 1 fully saturated rings. The maximum Gasteiger partial charge on any atom is 0.249 e. The van der Waals surface area contributed by atoms with Gasteiger partial charge >= 0.3 is 0 Å². The molecule has 3 rings (SSSR count). The largest absolute Gasteiger partial charge is 0.396 e. The predicted octanol–water partition coefficient (Wildman–Crippen LogP) is 2.44. The molecule has 0 bridgehead atoms. The Bertz CT molecular complexity index is 732. The quantitative estimate of drug-likeness (QED) is 0.892. The molecule has 2 heterocycles. The predicted molar refractivity (Wildman–Crippen MR) is 95.6 cm³/mol. The van der Waals surface area contributed by atoms with E-state index in [0.717, 1.165) is 18.5 Å². The molecule has 1 amide bonds. The van der Waals surface area contributed by atoms with Crippen molar-refractivity contribution in [1.82, 2.24) is 14.7 Å². The molecule has 1 saturated heterocycles. The fraction of sp³-hybridized carbons (Fsp3) is 0.444. The van der Waals surface area contributed by atoms with Crippen molar-refractivity contribution in [2.24, 2.45) is 0 Å². The molecule has 134 valence electrons. The number of likely N-dealkylation sites (tertiary alicyclic amines) is 1. The first-order valence-electron chi connectivity index (χ1n) is 8.48. The summed E-state index contributed by atoms with van der Waals surface area (Å²) in [5.41, 5.74) is 6.39. The van der Waals surface area contributed by atoms with Crippen molar-refractivity contribution in [3.05, 3.63) is 42.5 Å². The summed E-state index contributed by atoms with van der Waals surface area (Å²) >= 11 is 0. The van der Waals surface area contributed by atoms with Gasteiger partial charge in [0.05, 0.1) is 11.9 Å². The van der Waals surface area contributed by atoms with Crippen LogP contribution >= 0.6 is 0 Å². The molecule has 1 aromatic heterocycles. The number of nitrogens with two attached hydrogens (primary N) is 1. The van der Waals surface area contributed by atoms with Crippen molar-refractivity contribution in [2.45, 2.75) is 38.3 Å². The summed E-state index contributed by atoms with van der Waals surface area (Å²) in [4.78, 5) is 14.8. The van der Waals surface area contributed by atoms with E-state index in [1.54, 1.807) is 29.2 Å². The number of carbonyl (C=O) groups excluding carboxylic acids is 1. The topological polar surface area (TPSA) is 76.2 Å². The summed E-state index contributed by atoms with van der Waals surface area (Å²) in [6.45, 7) is 5.06. The van der Waals surface area contributed by atoms with Gasteiger partial charge in [0.2, 0.25) is 5.91 Å². The summed E-state index contributed by atoms with van der Waals surface area (Å²) < 4.78 is 14.6. The molecular weight excluding hydrogens is 321 g/mol. The van der Waals surface area contributed by atoms with Gasteiger partial charge in [-0.25, -0.2) is 4.39 Å². The second-order valence-corrected chi connectivity index (χ2v) is 6.99. The highest BCUT2D eigenvalue weighted by atomic mass is 19.1. The first-order chi connectivity index (χ1) is 11.9. The van der Waals surface area contributed by atoms with E-state index in [4.69, 9.17) is 5.73 Å². The van der Waals surface area contributed by atoms with Gasteiger partial charge in [-0.1, -0.05) is 0 Å². The number of benzene rings is 1. The first-order valence-corrected chi connectivity index (χ1v) is 8.48. The molecule has 6 nitrogen and oxygen atoms in total. The minimum atomic E-state index is -0.769. The number of hydrogen-bond donors (Lipinski definition) is 2. The van der Waals surface area contributed by atoms with Gasteiger partial charge in [0.15, 0.2) is 0 Å². The van der Waals surface area contributed by atoms with Crippen LogP contribution in [-0.4, -0.2) is 39.7 Å². The number of aromatic nitrogens is 2. The molecule has 0 atom stereocenters. The molecule has 0 saturated carbocycles. The highest BCUT2D eigenvalue weighted by molar-refractivity contribution is 5.83. The Kier molecular flexibility index (Phi) is 4.65. The van der Waals surface area contributed by atoms with Crippen molar-refractivity contribution < 1.29 is 9.18 Å². The van der Waals surface area contributed by atoms with E-state index in [9.17, 15) is 9.18 Å². The van der Waals surface area contributed by atoms with E-state index in [-0.39, 0.29) is 17.8 Å². The van der Waals surface area contributed by atoms with Crippen LogP contribution in [0.1, 0.15) is 26.7 Å². The number of amides is 1. The minimum absolute atomic E-state index is 0.0378. The number of halogens is 1. The zero-order valence-electron chi connectivity index (χ0n) is 14.6. The van der Waals surface area contributed by atoms with Crippen LogP contribution in [0.2, 0.25) is 0 Å². The summed E-state index contributed by atoms with van der Waals surface area (Å²) in [5, 5.41) is 7.59. The van der Waals surface area contributed by atoms with Gasteiger partial charge < -0.3 is 16.0 Å². The van der Waals surface area contributed by atoms with Gasteiger partial charge in [-0.15, -0.1) is 0 Å². The summed E-state index contributed by atoms with van der Waals surface area (Å²) in [5.74, 6) is -0.205. The fourth-order valence-corrected chi connectivity index (χ4v) is 3.14. The molecule has 1 aromatic carbocycles. The number of hydrogen-bond acceptors (Lipinski definition) is 4. The third kappa shape index (κ3) is 3.75. The number of carbonyl (C=O) groups is 1. The summed E-state index contributed by atoms with van der Waals surface area (Å²) in [7, 11) is 0. The van der Waals surface area contributed by atoms with Crippen LogP contribution in [0.4, 0.5) is 15.8 Å². The van der Waals surface area contributed by atoms with Gasteiger partial charge in [-0.05, 0) is 51.0 Å². The maximum atomic E-state index is 13.0. The van der Waals surface area contributed by atoms with Crippen LogP contribution in [0.15, 0.2) is 36.7 Å². The molecular formula is C18H24FN5O. The number of rotatable bonds is 4. The molecule has 0 spiro atoms. The van der Waals surface area contributed by atoms with Crippen LogP contribution in [0.5, 0.6) is 0 Å². The summed E-state index contributed by atoms with van der Waals surface area (Å²) in [6, 6.07) is 6.63. The van der Waals surface area contributed by atoms with E-state index in [1.807, 2.05) is 18.7 Å². The van der Waals surface area contributed by atoms with E-state index in [1.165, 1.54) is 12.1 Å². The molecule has 2 aromatic rings. The number of piperidine rings is 1. The lowest BCUT2D eigenvalue weighted by molar-refractivity contribution is -0.140. The van der Waals surface area contributed by atoms with E-state index in [2.05, 4.69) is 10.4 Å². The van der Waals surface area contributed by atoms with E-state index in [0.29, 0.717) is 18.8 Å². The van der Waals surface area contributed by atoms with Crippen LogP contribution in [0.25, 0.3) is 0 Å². The Balaban J connectivity index is 1.58. The second-order valence-electron chi connectivity index (χ2n) is 6.99. The second kappa shape index (κ2) is 6.74. The molecule has 0 unspecified atom stereocenters. The van der Waals surface area contributed by atoms with E-state index >= 15 is 0 Å². The number of anilines is 2. The van der Waals surface area contributed by atoms with Crippen LogP contribution in [-0.2, 0) is 10.3 Å². The van der Waals surface area contributed by atoms with Crippen molar-refractivity contribution in [2.75, 3.05) is 24.1 Å². The smallest absolute Gasteiger partial charge is 0.249 e. The lowest BCUT2D eigenvalue weighted by Crippen LogP contribution is -2.51. The van der Waals surface area contributed by atoms with Gasteiger partial charge in [-0.2, -0.15) is 5.10 Å². The van der Waals surface area contributed by atoms with Crippen molar-refractivity contribution in [3.8, 4) is 0 Å². The Hall–Kier alpha value is -2.57. The SMILES string of the molecule is CC(C)(C(=O)N1CCC(Nc2ccc(F)cc2)CC1)n1cc(N)cn1. The molecule has 3 N–H and O–H groups in total. The van der Waals surface area contributed by atoms with Crippen LogP contribution in [0, 0.1) is 5.82 Å². The third-order valence-corrected chi connectivity index (χ3v) is 4.70. The molecule has 1 aliphatic rings. The van der Waals surface area contributed by atoms with Crippen LogP contribution in [0.3, 0.4) is 0 Å². The molecule has 0 radical (unpaired) electrons. The average Bonchev–Trinajstić information content (AvgIpc) is 3.04. The first kappa shape index (κ1) is 17.3.